The first-order valence-corrected chi connectivity index (χ1v) is 9.12. The van der Waals surface area contributed by atoms with Gasteiger partial charge in [-0.3, -0.25) is 4.79 Å². The van der Waals surface area contributed by atoms with Crippen LogP contribution in [0, 0.1) is 0 Å². The van der Waals surface area contributed by atoms with Crippen molar-refractivity contribution in [2.24, 2.45) is 0 Å². The van der Waals surface area contributed by atoms with Crippen LogP contribution in [-0.4, -0.2) is 23.0 Å². The van der Waals surface area contributed by atoms with Crippen molar-refractivity contribution >= 4 is 17.2 Å². The minimum absolute atomic E-state index is 0.0854. The molecule has 0 radical (unpaired) electrons. The first-order chi connectivity index (χ1) is 10.3. The Labute approximate surface area is 138 Å². The van der Waals surface area contributed by atoms with E-state index >= 15 is 0 Å². The van der Waals surface area contributed by atoms with Crippen molar-refractivity contribution in [2.45, 2.75) is 83.8 Å². The number of nitrogens with one attached hydrogen (secondary N) is 2. The van der Waals surface area contributed by atoms with Gasteiger partial charge in [0.1, 0.15) is 5.01 Å². The highest BCUT2D eigenvalue weighted by molar-refractivity contribution is 7.09. The Balaban J connectivity index is 1.84. The van der Waals surface area contributed by atoms with Crippen molar-refractivity contribution < 1.29 is 4.79 Å². The second-order valence-corrected chi connectivity index (χ2v) is 8.35. The van der Waals surface area contributed by atoms with Gasteiger partial charge in [0.05, 0.1) is 11.7 Å². The van der Waals surface area contributed by atoms with E-state index in [-0.39, 0.29) is 11.3 Å². The summed E-state index contributed by atoms with van der Waals surface area (Å²) in [6, 6.07) is 1.18. The Morgan fingerprint density at radius 1 is 1.27 bits per heavy atom. The van der Waals surface area contributed by atoms with Gasteiger partial charge in [-0.1, -0.05) is 20.8 Å². The van der Waals surface area contributed by atoms with E-state index in [2.05, 4.69) is 43.7 Å². The number of rotatable bonds is 4. The summed E-state index contributed by atoms with van der Waals surface area (Å²) >= 11 is 1.75. The van der Waals surface area contributed by atoms with Crippen molar-refractivity contribution in [2.75, 3.05) is 0 Å². The molecule has 1 atom stereocenters. The summed E-state index contributed by atoms with van der Waals surface area (Å²) in [7, 11) is 0. The molecule has 0 unspecified atom stereocenters. The molecule has 1 saturated carbocycles. The molecule has 0 saturated heterocycles. The van der Waals surface area contributed by atoms with Crippen LogP contribution < -0.4 is 10.6 Å². The van der Waals surface area contributed by atoms with E-state index in [1.807, 2.05) is 0 Å². The normalized spacial score (nSPS) is 24.0. The fourth-order valence-corrected chi connectivity index (χ4v) is 4.01. The average molecular weight is 324 g/mol. The van der Waals surface area contributed by atoms with Crippen LogP contribution in [0.1, 0.15) is 77.0 Å². The number of hydrogen-bond acceptors (Lipinski definition) is 4. The van der Waals surface area contributed by atoms with Crippen LogP contribution in [0.2, 0.25) is 0 Å². The second-order valence-electron chi connectivity index (χ2n) is 7.46. The SMILES string of the molecule is CC(=O)NC1CCC(N[C@H](C)c2nc(C(C)(C)C)cs2)CC1. The van der Waals surface area contributed by atoms with Gasteiger partial charge in [-0.25, -0.2) is 4.98 Å². The minimum atomic E-state index is 0.0854. The predicted molar refractivity (Wildman–Crippen MR) is 92.2 cm³/mol. The molecule has 1 fully saturated rings. The Morgan fingerprint density at radius 3 is 2.36 bits per heavy atom. The highest BCUT2D eigenvalue weighted by Crippen LogP contribution is 2.28. The molecule has 1 aliphatic carbocycles. The summed E-state index contributed by atoms with van der Waals surface area (Å²) in [5.74, 6) is 0.0854. The third-order valence-electron chi connectivity index (χ3n) is 4.28. The maximum Gasteiger partial charge on any atom is 0.217 e. The zero-order chi connectivity index (χ0) is 16.3. The molecule has 1 aromatic rings. The Kier molecular flexibility index (Phi) is 5.61. The van der Waals surface area contributed by atoms with Gasteiger partial charge in [-0.2, -0.15) is 0 Å². The molecule has 4 nitrogen and oxygen atoms in total. The largest absolute Gasteiger partial charge is 0.354 e. The predicted octanol–water partition coefficient (Wildman–Crippen LogP) is 3.54. The highest BCUT2D eigenvalue weighted by Gasteiger charge is 2.24. The molecule has 22 heavy (non-hydrogen) atoms. The molecule has 0 aliphatic heterocycles. The van der Waals surface area contributed by atoms with Gasteiger partial charge in [0.2, 0.25) is 5.91 Å². The number of carbonyl (C=O) groups excluding carboxylic acids is 1. The topological polar surface area (TPSA) is 54.0 Å². The van der Waals surface area contributed by atoms with Gasteiger partial charge in [0.15, 0.2) is 0 Å². The van der Waals surface area contributed by atoms with Crippen molar-refractivity contribution in [1.82, 2.24) is 15.6 Å². The molecule has 124 valence electrons. The second kappa shape index (κ2) is 7.09. The molecule has 2 N–H and O–H groups in total. The van der Waals surface area contributed by atoms with Gasteiger partial charge in [0, 0.05) is 29.8 Å². The smallest absolute Gasteiger partial charge is 0.217 e. The van der Waals surface area contributed by atoms with E-state index in [1.165, 1.54) is 10.7 Å². The number of aromatic nitrogens is 1. The van der Waals surface area contributed by atoms with Gasteiger partial charge < -0.3 is 10.6 Å². The Hall–Kier alpha value is -0.940. The van der Waals surface area contributed by atoms with Crippen molar-refractivity contribution in [3.05, 3.63) is 16.1 Å². The molecule has 1 aromatic heterocycles. The summed E-state index contributed by atoms with van der Waals surface area (Å²) < 4.78 is 0. The van der Waals surface area contributed by atoms with Crippen LogP contribution in [-0.2, 0) is 10.2 Å². The van der Waals surface area contributed by atoms with E-state index in [9.17, 15) is 4.79 Å². The lowest BCUT2D eigenvalue weighted by molar-refractivity contribution is -0.119. The van der Waals surface area contributed by atoms with E-state index in [0.29, 0.717) is 18.1 Å². The van der Waals surface area contributed by atoms with E-state index in [1.54, 1.807) is 18.3 Å². The zero-order valence-corrected chi connectivity index (χ0v) is 15.2. The standard InChI is InChI=1S/C17H29N3OS/c1-11(16-20-15(10-22-16)17(3,4)5)18-13-6-8-14(9-7-13)19-12(2)21/h10-11,13-14,18H,6-9H2,1-5H3,(H,19,21)/t11-,13?,14?/m1/s1. The van der Waals surface area contributed by atoms with Crippen LogP contribution in [0.4, 0.5) is 0 Å². The van der Waals surface area contributed by atoms with E-state index in [4.69, 9.17) is 4.98 Å². The highest BCUT2D eigenvalue weighted by atomic mass is 32.1. The first kappa shape index (κ1) is 17.4. The van der Waals surface area contributed by atoms with E-state index < -0.39 is 0 Å². The summed E-state index contributed by atoms with van der Waals surface area (Å²) in [6.45, 7) is 10.4. The molecule has 0 bridgehead atoms. The van der Waals surface area contributed by atoms with Crippen molar-refractivity contribution in [1.29, 1.82) is 0 Å². The molecule has 1 amide bonds. The summed E-state index contributed by atoms with van der Waals surface area (Å²) in [6.07, 6.45) is 4.36. The lowest BCUT2D eigenvalue weighted by Crippen LogP contribution is -2.42. The molecular weight excluding hydrogens is 294 g/mol. The Bertz CT molecular complexity index is 498. The zero-order valence-electron chi connectivity index (χ0n) is 14.4. The molecule has 1 aliphatic rings. The van der Waals surface area contributed by atoms with Gasteiger partial charge in [-0.15, -0.1) is 11.3 Å². The fraction of sp³-hybridized carbons (Fsp3) is 0.765. The van der Waals surface area contributed by atoms with Crippen LogP contribution >= 0.6 is 11.3 Å². The molecular formula is C17H29N3OS. The third-order valence-corrected chi connectivity index (χ3v) is 5.31. The Morgan fingerprint density at radius 2 is 1.86 bits per heavy atom. The number of thiazole rings is 1. The van der Waals surface area contributed by atoms with Crippen LogP contribution in [0.15, 0.2) is 5.38 Å². The minimum Gasteiger partial charge on any atom is -0.354 e. The lowest BCUT2D eigenvalue weighted by atomic mass is 9.90. The molecule has 0 aromatic carbocycles. The quantitative estimate of drug-likeness (QED) is 0.891. The molecule has 2 rings (SSSR count). The lowest BCUT2D eigenvalue weighted by Gasteiger charge is -2.31. The fourth-order valence-electron chi connectivity index (χ4n) is 2.95. The van der Waals surface area contributed by atoms with E-state index in [0.717, 1.165) is 25.7 Å². The summed E-state index contributed by atoms with van der Waals surface area (Å²) in [4.78, 5) is 15.9. The number of hydrogen-bond donors (Lipinski definition) is 2. The molecule has 1 heterocycles. The number of nitrogens with zero attached hydrogens (tertiary/aromatic N) is 1. The maximum atomic E-state index is 11.1. The van der Waals surface area contributed by atoms with Crippen molar-refractivity contribution in [3.63, 3.8) is 0 Å². The molecule has 0 spiro atoms. The van der Waals surface area contributed by atoms with Crippen LogP contribution in [0.25, 0.3) is 0 Å². The van der Waals surface area contributed by atoms with Crippen LogP contribution in [0.3, 0.4) is 0 Å². The number of carbonyl (C=O) groups is 1. The van der Waals surface area contributed by atoms with Gasteiger partial charge in [0.25, 0.3) is 0 Å². The average Bonchev–Trinajstić information content (AvgIpc) is 2.90. The first-order valence-electron chi connectivity index (χ1n) is 8.24. The van der Waals surface area contributed by atoms with Gasteiger partial charge >= 0.3 is 0 Å². The summed E-state index contributed by atoms with van der Waals surface area (Å²) in [5.41, 5.74) is 1.29. The number of amides is 1. The van der Waals surface area contributed by atoms with Crippen molar-refractivity contribution in [3.8, 4) is 0 Å². The van der Waals surface area contributed by atoms with Crippen LogP contribution in [0.5, 0.6) is 0 Å². The monoisotopic (exact) mass is 323 g/mol. The molecule has 5 heteroatoms. The maximum absolute atomic E-state index is 11.1. The summed E-state index contributed by atoms with van der Waals surface area (Å²) in [5, 5.41) is 10.1. The third kappa shape index (κ3) is 4.78. The van der Waals surface area contributed by atoms with Gasteiger partial charge in [-0.05, 0) is 32.6 Å².